The molecule has 0 saturated carbocycles. The molecule has 2 amide bonds. The first-order valence-electron chi connectivity index (χ1n) is 8.80. The predicted molar refractivity (Wildman–Crippen MR) is 112 cm³/mol. The summed E-state index contributed by atoms with van der Waals surface area (Å²) in [5.74, 6) is -0.0877. The molecule has 8 nitrogen and oxygen atoms in total. The number of anilines is 1. The molecule has 0 spiro atoms. The van der Waals surface area contributed by atoms with E-state index in [-0.39, 0.29) is 22.7 Å². The molecule has 154 valence electrons. The Morgan fingerprint density at radius 1 is 1.33 bits per heavy atom. The molecule has 0 aliphatic heterocycles. The lowest BCUT2D eigenvalue weighted by atomic mass is 10.1. The molecule has 27 heavy (non-hydrogen) atoms. The maximum atomic E-state index is 10.6. The van der Waals surface area contributed by atoms with Crippen molar-refractivity contribution in [3.05, 3.63) is 33.4 Å². The maximum Gasteiger partial charge on any atom is 0.253 e. The SMILES string of the molecule is CC.CCC(=O)NC(C)CN.Cc1cc(NC=O)cc(C)c1SC[N+](=O)[O-]. The number of nitrogens with zero attached hydrogens (tertiary/aromatic N) is 1. The number of nitrogens with one attached hydrogen (secondary N) is 2. The number of nitro groups is 1. The van der Waals surface area contributed by atoms with E-state index in [1.54, 1.807) is 12.1 Å². The highest BCUT2D eigenvalue weighted by Crippen LogP contribution is 2.29. The number of hydrogen-bond donors (Lipinski definition) is 3. The zero-order chi connectivity index (χ0) is 21.4. The van der Waals surface area contributed by atoms with Crippen LogP contribution in [0.4, 0.5) is 5.69 Å². The van der Waals surface area contributed by atoms with Crippen LogP contribution in [0.25, 0.3) is 0 Å². The van der Waals surface area contributed by atoms with E-state index >= 15 is 0 Å². The van der Waals surface area contributed by atoms with Gasteiger partial charge in [0.05, 0.1) is 0 Å². The summed E-state index contributed by atoms with van der Waals surface area (Å²) in [5.41, 5.74) is 7.82. The largest absolute Gasteiger partial charge is 0.352 e. The standard InChI is InChI=1S/C10H12N2O3S.C6H14N2O.C2H6/c1-7-3-9(11-5-13)4-8(2)10(7)16-6-12(14)15;1-3-6(9)8-5(2)4-7;1-2/h3-5H,6H2,1-2H3,(H,11,13);5H,3-4,7H2,1-2H3,(H,8,9);1-2H3. The number of aryl methyl sites for hydroxylation is 2. The average molecular weight is 401 g/mol. The summed E-state index contributed by atoms with van der Waals surface area (Å²) in [4.78, 5) is 31.7. The molecule has 9 heteroatoms. The second-order valence-corrected chi connectivity index (χ2v) is 6.32. The summed E-state index contributed by atoms with van der Waals surface area (Å²) in [7, 11) is 0. The Morgan fingerprint density at radius 3 is 2.22 bits per heavy atom. The third kappa shape index (κ3) is 12.8. The number of hydrogen-bond acceptors (Lipinski definition) is 6. The van der Waals surface area contributed by atoms with Gasteiger partial charge in [-0.3, -0.25) is 19.7 Å². The van der Waals surface area contributed by atoms with Crippen LogP contribution in [0.1, 0.15) is 45.2 Å². The lowest BCUT2D eigenvalue weighted by Gasteiger charge is -2.09. The van der Waals surface area contributed by atoms with Crippen molar-refractivity contribution in [2.75, 3.05) is 17.7 Å². The van der Waals surface area contributed by atoms with Gasteiger partial charge >= 0.3 is 0 Å². The molecule has 1 aromatic rings. The summed E-state index contributed by atoms with van der Waals surface area (Å²) < 4.78 is 0. The van der Waals surface area contributed by atoms with Gasteiger partial charge in [0.15, 0.2) is 0 Å². The summed E-state index contributed by atoms with van der Waals surface area (Å²) in [5, 5.41) is 15.6. The van der Waals surface area contributed by atoms with Crippen LogP contribution in [0.2, 0.25) is 0 Å². The Bertz CT molecular complexity index is 574. The minimum Gasteiger partial charge on any atom is -0.352 e. The van der Waals surface area contributed by atoms with E-state index in [4.69, 9.17) is 5.73 Å². The van der Waals surface area contributed by atoms with Crippen molar-refractivity contribution < 1.29 is 14.5 Å². The van der Waals surface area contributed by atoms with Gasteiger partial charge in [0.2, 0.25) is 12.3 Å². The van der Waals surface area contributed by atoms with E-state index in [0.29, 0.717) is 25.1 Å². The smallest absolute Gasteiger partial charge is 0.253 e. The molecule has 0 radical (unpaired) electrons. The van der Waals surface area contributed by atoms with E-state index in [1.165, 1.54) is 11.8 Å². The average Bonchev–Trinajstić information content (AvgIpc) is 2.63. The van der Waals surface area contributed by atoms with Gasteiger partial charge in [0.25, 0.3) is 5.88 Å². The molecule has 0 aliphatic rings. The number of nitrogens with two attached hydrogens (primary N) is 1. The molecular formula is C18H32N4O4S. The molecule has 0 heterocycles. The normalized spacial score (nSPS) is 10.3. The monoisotopic (exact) mass is 400 g/mol. The number of rotatable bonds is 8. The van der Waals surface area contributed by atoms with Crippen LogP contribution in [0, 0.1) is 24.0 Å². The van der Waals surface area contributed by atoms with E-state index in [0.717, 1.165) is 16.0 Å². The summed E-state index contributed by atoms with van der Waals surface area (Å²) in [6.45, 7) is 11.9. The zero-order valence-corrected chi connectivity index (χ0v) is 17.8. The molecule has 0 bridgehead atoms. The van der Waals surface area contributed by atoms with Crippen molar-refractivity contribution in [3.63, 3.8) is 0 Å². The van der Waals surface area contributed by atoms with Gasteiger partial charge in [-0.1, -0.05) is 20.8 Å². The Balaban J connectivity index is 0. The highest BCUT2D eigenvalue weighted by molar-refractivity contribution is 7.99. The van der Waals surface area contributed by atoms with Crippen LogP contribution >= 0.6 is 11.8 Å². The second-order valence-electron chi connectivity index (χ2n) is 5.37. The van der Waals surface area contributed by atoms with Crippen molar-refractivity contribution in [1.82, 2.24) is 5.32 Å². The van der Waals surface area contributed by atoms with Crippen LogP contribution in [-0.2, 0) is 9.59 Å². The summed E-state index contributed by atoms with van der Waals surface area (Å²) in [6, 6.07) is 3.70. The van der Waals surface area contributed by atoms with Crippen LogP contribution in [-0.4, -0.2) is 35.7 Å². The van der Waals surface area contributed by atoms with E-state index in [1.807, 2.05) is 41.5 Å². The Kier molecular flexibility index (Phi) is 16.1. The third-order valence-corrected chi connectivity index (χ3v) is 4.35. The molecule has 1 unspecified atom stereocenters. The zero-order valence-electron chi connectivity index (χ0n) is 17.0. The number of carbonyl (C=O) groups excluding carboxylic acids is 2. The summed E-state index contributed by atoms with van der Waals surface area (Å²) >= 11 is 1.19. The van der Waals surface area contributed by atoms with Gasteiger partial charge in [-0.15, -0.1) is 0 Å². The van der Waals surface area contributed by atoms with Crippen molar-refractivity contribution in [2.24, 2.45) is 5.73 Å². The van der Waals surface area contributed by atoms with Crippen molar-refractivity contribution in [2.45, 2.75) is 58.9 Å². The van der Waals surface area contributed by atoms with E-state index < -0.39 is 0 Å². The number of amides is 2. The van der Waals surface area contributed by atoms with Gasteiger partial charge in [-0.25, -0.2) is 0 Å². The predicted octanol–water partition coefficient (Wildman–Crippen LogP) is 3.08. The van der Waals surface area contributed by atoms with Gasteiger partial charge in [-0.2, -0.15) is 0 Å². The van der Waals surface area contributed by atoms with Crippen LogP contribution in [0.5, 0.6) is 0 Å². The molecule has 0 aliphatic carbocycles. The number of thioether (sulfide) groups is 1. The van der Waals surface area contributed by atoms with Crippen molar-refractivity contribution in [3.8, 4) is 0 Å². The van der Waals surface area contributed by atoms with Gasteiger partial charge < -0.3 is 16.4 Å². The fourth-order valence-electron chi connectivity index (χ4n) is 1.88. The second kappa shape index (κ2) is 16.1. The van der Waals surface area contributed by atoms with Crippen LogP contribution in [0.3, 0.4) is 0 Å². The maximum absolute atomic E-state index is 10.6. The fourth-order valence-corrected chi connectivity index (χ4v) is 2.69. The Morgan fingerprint density at radius 2 is 1.85 bits per heavy atom. The molecule has 0 aromatic heterocycles. The Labute approximate surface area is 165 Å². The van der Waals surface area contributed by atoms with Gasteiger partial charge in [0.1, 0.15) is 0 Å². The quantitative estimate of drug-likeness (QED) is 0.202. The molecule has 1 aromatic carbocycles. The minimum atomic E-state index is -0.360. The molecule has 1 rings (SSSR count). The van der Waals surface area contributed by atoms with Crippen LogP contribution < -0.4 is 16.4 Å². The lowest BCUT2D eigenvalue weighted by Crippen LogP contribution is -2.37. The first kappa shape index (κ1) is 27.1. The molecule has 0 fully saturated rings. The fraction of sp³-hybridized carbons (Fsp3) is 0.556. The third-order valence-electron chi connectivity index (χ3n) is 3.08. The highest BCUT2D eigenvalue weighted by atomic mass is 32.2. The van der Waals surface area contributed by atoms with Crippen molar-refractivity contribution in [1.29, 1.82) is 0 Å². The van der Waals surface area contributed by atoms with Crippen LogP contribution in [0.15, 0.2) is 17.0 Å². The molecule has 0 saturated heterocycles. The highest BCUT2D eigenvalue weighted by Gasteiger charge is 2.08. The molecule has 4 N–H and O–H groups in total. The molecular weight excluding hydrogens is 368 g/mol. The number of carbonyl (C=O) groups is 2. The van der Waals surface area contributed by atoms with Gasteiger partial charge in [0, 0.05) is 34.5 Å². The Hall–Kier alpha value is -2.13. The first-order valence-corrected chi connectivity index (χ1v) is 9.79. The summed E-state index contributed by atoms with van der Waals surface area (Å²) in [6.07, 6.45) is 1.14. The van der Waals surface area contributed by atoms with E-state index in [9.17, 15) is 19.7 Å². The topological polar surface area (TPSA) is 127 Å². The lowest BCUT2D eigenvalue weighted by molar-refractivity contribution is -0.456. The van der Waals surface area contributed by atoms with Crippen molar-refractivity contribution >= 4 is 29.8 Å². The molecule has 1 atom stereocenters. The first-order chi connectivity index (χ1) is 12.7. The number of benzene rings is 1. The van der Waals surface area contributed by atoms with Gasteiger partial charge in [-0.05, 0) is 55.8 Å². The van der Waals surface area contributed by atoms with E-state index in [2.05, 4.69) is 10.6 Å². The minimum absolute atomic E-state index is 0.0629.